The van der Waals surface area contributed by atoms with Gasteiger partial charge in [0.25, 0.3) is 0 Å². The topological polar surface area (TPSA) is 84.7 Å². The summed E-state index contributed by atoms with van der Waals surface area (Å²) in [5.74, 6) is -0.156. The fourth-order valence-electron chi connectivity index (χ4n) is 1.57. The van der Waals surface area contributed by atoms with Gasteiger partial charge in [-0.25, -0.2) is 4.68 Å². The van der Waals surface area contributed by atoms with Crippen molar-refractivity contribution in [3.63, 3.8) is 0 Å². The molecule has 1 aromatic heterocycles. The Hall–Kier alpha value is -2.32. The number of nitrogen functional groups attached to an aromatic ring is 1. The first kappa shape index (κ1) is 12.1. The van der Waals surface area contributed by atoms with Crippen LogP contribution in [0.25, 0.3) is 5.69 Å². The van der Waals surface area contributed by atoms with E-state index in [9.17, 15) is 4.79 Å². The molecule has 0 amide bonds. The molecule has 1 heterocycles. The molecular weight excluding hydrogens is 252 g/mol. The van der Waals surface area contributed by atoms with Crippen LogP contribution in [0.2, 0.25) is 5.02 Å². The molecule has 0 atom stereocenters. The molecule has 0 spiro atoms. The predicted octanol–water partition coefficient (Wildman–Crippen LogP) is 2.18. The average molecular weight is 261 g/mol. The summed E-state index contributed by atoms with van der Waals surface area (Å²) in [6.07, 6.45) is 0. The van der Waals surface area contributed by atoms with E-state index >= 15 is 0 Å². The minimum absolute atomic E-state index is 0.0740. The highest BCUT2D eigenvalue weighted by Crippen LogP contribution is 2.21. The summed E-state index contributed by atoms with van der Waals surface area (Å²) in [4.78, 5) is 11.4. The number of nitrogens with zero attached hydrogens (tertiary/aromatic N) is 3. The molecule has 0 aliphatic rings. The van der Waals surface area contributed by atoms with Gasteiger partial charge in [0.15, 0.2) is 5.78 Å². The fraction of sp³-hybridized carbons (Fsp3) is 0.0833. The van der Waals surface area contributed by atoms with Gasteiger partial charge in [0.05, 0.1) is 5.69 Å². The molecule has 2 aromatic rings. The van der Waals surface area contributed by atoms with Gasteiger partial charge in [-0.2, -0.15) is 10.4 Å². The van der Waals surface area contributed by atoms with Gasteiger partial charge in [-0.1, -0.05) is 11.6 Å². The maximum Gasteiger partial charge on any atom is 0.181 e. The number of hydrogen-bond acceptors (Lipinski definition) is 4. The lowest BCUT2D eigenvalue weighted by Crippen LogP contribution is -2.02. The molecule has 0 aliphatic heterocycles. The van der Waals surface area contributed by atoms with Crippen LogP contribution in [0.4, 0.5) is 5.82 Å². The van der Waals surface area contributed by atoms with Crippen molar-refractivity contribution in [3.8, 4) is 11.8 Å². The van der Waals surface area contributed by atoms with Crippen molar-refractivity contribution in [3.05, 3.63) is 40.5 Å². The molecule has 6 heteroatoms. The second-order valence-corrected chi connectivity index (χ2v) is 4.10. The highest BCUT2D eigenvalue weighted by molar-refractivity contribution is 6.30. The normalized spacial score (nSPS) is 10.1. The zero-order valence-corrected chi connectivity index (χ0v) is 10.3. The zero-order valence-electron chi connectivity index (χ0n) is 9.51. The lowest BCUT2D eigenvalue weighted by molar-refractivity contribution is 0.101. The Labute approximate surface area is 108 Å². The molecule has 18 heavy (non-hydrogen) atoms. The van der Waals surface area contributed by atoms with Crippen LogP contribution in [-0.4, -0.2) is 15.6 Å². The lowest BCUT2D eigenvalue weighted by atomic mass is 10.2. The Morgan fingerprint density at radius 2 is 2.06 bits per heavy atom. The Balaban J connectivity index is 2.63. The number of carbonyl (C=O) groups is 1. The first-order chi connectivity index (χ1) is 8.54. The van der Waals surface area contributed by atoms with Crippen LogP contribution in [0.1, 0.15) is 23.0 Å². The number of aromatic nitrogens is 2. The fourth-order valence-corrected chi connectivity index (χ4v) is 1.69. The number of benzene rings is 1. The minimum atomic E-state index is -0.300. The van der Waals surface area contributed by atoms with E-state index in [4.69, 9.17) is 22.6 Å². The quantitative estimate of drug-likeness (QED) is 0.839. The van der Waals surface area contributed by atoms with Gasteiger partial charge in [0.1, 0.15) is 23.1 Å². The third-order valence-corrected chi connectivity index (χ3v) is 2.69. The summed E-state index contributed by atoms with van der Waals surface area (Å²) in [5.41, 5.74) is 6.62. The van der Waals surface area contributed by atoms with Gasteiger partial charge in [-0.15, -0.1) is 0 Å². The van der Waals surface area contributed by atoms with Crippen LogP contribution < -0.4 is 5.73 Å². The van der Waals surface area contributed by atoms with Gasteiger partial charge >= 0.3 is 0 Å². The maximum atomic E-state index is 11.4. The molecule has 0 bridgehead atoms. The van der Waals surface area contributed by atoms with Crippen LogP contribution >= 0.6 is 11.6 Å². The maximum absolute atomic E-state index is 11.4. The number of Topliss-reactive ketones (excluding diaryl/α,β-unsaturated/α-hetero) is 1. The number of nitrogens with two attached hydrogens (primary N) is 1. The first-order valence-electron chi connectivity index (χ1n) is 5.10. The molecule has 2 rings (SSSR count). The van der Waals surface area contributed by atoms with Crippen molar-refractivity contribution in [1.29, 1.82) is 5.26 Å². The molecule has 0 unspecified atom stereocenters. The van der Waals surface area contributed by atoms with Crippen molar-refractivity contribution in [2.75, 3.05) is 5.73 Å². The molecule has 5 nitrogen and oxygen atoms in total. The number of carbonyl (C=O) groups excluding carboxylic acids is 1. The summed E-state index contributed by atoms with van der Waals surface area (Å²) in [7, 11) is 0. The van der Waals surface area contributed by atoms with E-state index in [0.717, 1.165) is 0 Å². The molecule has 0 fully saturated rings. The average Bonchev–Trinajstić information content (AvgIpc) is 2.67. The van der Waals surface area contributed by atoms with Crippen LogP contribution in [0.5, 0.6) is 0 Å². The Bertz CT molecular complexity index is 652. The molecule has 90 valence electrons. The number of halogens is 1. The number of ketones is 1. The Morgan fingerprint density at radius 3 is 2.50 bits per heavy atom. The van der Waals surface area contributed by atoms with Crippen molar-refractivity contribution in [2.24, 2.45) is 0 Å². The minimum Gasteiger partial charge on any atom is -0.382 e. The van der Waals surface area contributed by atoms with E-state index in [1.54, 1.807) is 24.3 Å². The van der Waals surface area contributed by atoms with E-state index in [1.165, 1.54) is 11.6 Å². The summed E-state index contributed by atoms with van der Waals surface area (Å²) in [6, 6.07) is 8.66. The Kier molecular flexibility index (Phi) is 3.04. The standard InChI is InChI=1S/C12H9ClN4O/c1-7(18)11-10(6-14)12(15)17(16-11)9-4-2-8(13)3-5-9/h2-5H,15H2,1H3. The van der Waals surface area contributed by atoms with E-state index in [0.29, 0.717) is 10.7 Å². The number of rotatable bonds is 2. The van der Waals surface area contributed by atoms with Crippen molar-refractivity contribution < 1.29 is 4.79 Å². The van der Waals surface area contributed by atoms with Crippen LogP contribution in [0, 0.1) is 11.3 Å². The van der Waals surface area contributed by atoms with Gasteiger partial charge in [0.2, 0.25) is 0 Å². The van der Waals surface area contributed by atoms with Crippen LogP contribution in [0.15, 0.2) is 24.3 Å². The smallest absolute Gasteiger partial charge is 0.181 e. The third kappa shape index (κ3) is 1.94. The van der Waals surface area contributed by atoms with Gasteiger partial charge in [-0.05, 0) is 24.3 Å². The van der Waals surface area contributed by atoms with Gasteiger partial charge in [-0.3, -0.25) is 4.79 Å². The molecule has 0 aliphatic carbocycles. The van der Waals surface area contributed by atoms with Crippen LogP contribution in [0.3, 0.4) is 0 Å². The van der Waals surface area contributed by atoms with E-state index in [2.05, 4.69) is 5.10 Å². The molecule has 0 radical (unpaired) electrons. The van der Waals surface area contributed by atoms with Gasteiger partial charge < -0.3 is 5.73 Å². The number of nitriles is 1. The van der Waals surface area contributed by atoms with E-state index < -0.39 is 0 Å². The predicted molar refractivity (Wildman–Crippen MR) is 67.7 cm³/mol. The second-order valence-electron chi connectivity index (χ2n) is 3.67. The highest BCUT2D eigenvalue weighted by Gasteiger charge is 2.19. The number of anilines is 1. The van der Waals surface area contributed by atoms with Crippen molar-refractivity contribution in [1.82, 2.24) is 9.78 Å². The molecule has 0 saturated heterocycles. The summed E-state index contributed by atoms with van der Waals surface area (Å²) in [6.45, 7) is 1.34. The number of hydrogen-bond donors (Lipinski definition) is 1. The zero-order chi connectivity index (χ0) is 13.3. The van der Waals surface area contributed by atoms with Crippen molar-refractivity contribution in [2.45, 2.75) is 6.92 Å². The van der Waals surface area contributed by atoms with E-state index in [1.807, 2.05) is 6.07 Å². The summed E-state index contributed by atoms with van der Waals surface area (Å²) >= 11 is 5.79. The molecule has 0 saturated carbocycles. The second kappa shape index (κ2) is 4.51. The van der Waals surface area contributed by atoms with E-state index in [-0.39, 0.29) is 22.9 Å². The monoisotopic (exact) mass is 260 g/mol. The highest BCUT2D eigenvalue weighted by atomic mass is 35.5. The largest absolute Gasteiger partial charge is 0.382 e. The Morgan fingerprint density at radius 1 is 1.44 bits per heavy atom. The van der Waals surface area contributed by atoms with Crippen molar-refractivity contribution >= 4 is 23.2 Å². The third-order valence-electron chi connectivity index (χ3n) is 2.44. The summed E-state index contributed by atoms with van der Waals surface area (Å²) < 4.78 is 1.35. The van der Waals surface area contributed by atoms with Gasteiger partial charge in [0, 0.05) is 11.9 Å². The molecule has 2 N–H and O–H groups in total. The summed E-state index contributed by atoms with van der Waals surface area (Å²) in [5, 5.41) is 13.6. The van der Waals surface area contributed by atoms with Crippen LogP contribution in [-0.2, 0) is 0 Å². The SMILES string of the molecule is CC(=O)c1nn(-c2ccc(Cl)cc2)c(N)c1C#N. The lowest BCUT2D eigenvalue weighted by Gasteiger charge is -2.03. The molecule has 1 aromatic carbocycles. The first-order valence-corrected chi connectivity index (χ1v) is 5.48. The molecular formula is C12H9ClN4O.